The fourth-order valence-electron chi connectivity index (χ4n) is 6.75. The molecule has 2 amide bonds. The molecule has 0 radical (unpaired) electrons. The van der Waals surface area contributed by atoms with Crippen molar-refractivity contribution in [2.75, 3.05) is 61.3 Å². The first-order valence-electron chi connectivity index (χ1n) is 17.5. The second-order valence-corrected chi connectivity index (χ2v) is 13.5. The van der Waals surface area contributed by atoms with E-state index in [1.807, 2.05) is 44.9 Å². The van der Waals surface area contributed by atoms with Gasteiger partial charge in [0.2, 0.25) is 17.7 Å². The summed E-state index contributed by atoms with van der Waals surface area (Å²) in [4.78, 5) is 48.7. The number of pyridine rings is 2. The van der Waals surface area contributed by atoms with E-state index in [1.165, 1.54) is 0 Å². The molecule has 0 aliphatic carbocycles. The third-order valence-electron chi connectivity index (χ3n) is 9.41. The number of nitrogens with one attached hydrogen (secondary N) is 1. The lowest BCUT2D eigenvalue weighted by atomic mass is 10.1. The summed E-state index contributed by atoms with van der Waals surface area (Å²) in [6.45, 7) is 11.8. The van der Waals surface area contributed by atoms with Crippen molar-refractivity contribution in [2.45, 2.75) is 46.3 Å². The maximum atomic E-state index is 13.8. The van der Waals surface area contributed by atoms with Crippen LogP contribution in [0.2, 0.25) is 0 Å². The van der Waals surface area contributed by atoms with Crippen molar-refractivity contribution in [2.24, 2.45) is 13.0 Å². The number of nitrogen functional groups attached to an aromatic ring is 1. The Hall–Kier alpha value is -5.37. The number of carbonyl (C=O) groups is 2. The largest absolute Gasteiger partial charge is 0.475 e. The van der Waals surface area contributed by atoms with Gasteiger partial charge in [0.05, 0.1) is 30.0 Å². The third-order valence-corrected chi connectivity index (χ3v) is 9.41. The quantitative estimate of drug-likeness (QED) is 0.223. The van der Waals surface area contributed by atoms with Crippen LogP contribution < -0.4 is 20.3 Å². The van der Waals surface area contributed by atoms with Gasteiger partial charge in [-0.15, -0.1) is 0 Å². The van der Waals surface area contributed by atoms with Gasteiger partial charge in [-0.05, 0) is 83.1 Å². The van der Waals surface area contributed by atoms with Crippen molar-refractivity contribution in [3.63, 3.8) is 0 Å². The molecule has 2 aliphatic rings. The van der Waals surface area contributed by atoms with E-state index in [0.29, 0.717) is 61.4 Å². The smallest absolute Gasteiger partial charge is 0.237 e. The number of rotatable bonds is 11. The summed E-state index contributed by atoms with van der Waals surface area (Å²) in [5.41, 5.74) is 9.60. The lowest BCUT2D eigenvalue weighted by Crippen LogP contribution is -2.56. The molecule has 2 atom stereocenters. The van der Waals surface area contributed by atoms with E-state index >= 15 is 0 Å². The zero-order chi connectivity index (χ0) is 36.2. The number of hydrogen-bond acceptors (Lipinski definition) is 11. The van der Waals surface area contributed by atoms with E-state index < -0.39 is 0 Å². The number of carbonyl (C=O) groups excluding carboxylic acids is 2. The highest BCUT2D eigenvalue weighted by Gasteiger charge is 2.35. The zero-order valence-corrected chi connectivity index (χ0v) is 30.0. The number of hydrogen-bond donors (Lipinski definition) is 2. The molecule has 4 aromatic rings. The molecule has 0 bridgehead atoms. The molecule has 3 aromatic heterocycles. The highest BCUT2D eigenvalue weighted by Crippen LogP contribution is 2.27. The standard InChI is InChI=1S/C37H47N11O3/c1-6-47(31-13-12-30(38)35(42-31)34(39)27-9-14-32(40-19-27)51-24(2)3)37(50)28-15-16-45(21-28)22-33(49)48-18-17-46(20-25(48)4)29-10-7-26(8-11-29)36-41-23-44(5)43-36/h7-14,19,23-25,28,39H,6,15-18,20-22,38H2,1-5H3/t25-,28+/m0/s1. The van der Waals surface area contributed by atoms with Crippen molar-refractivity contribution in [3.8, 4) is 17.3 Å². The monoisotopic (exact) mass is 693 g/mol. The van der Waals surface area contributed by atoms with Gasteiger partial charge in [-0.2, -0.15) is 5.10 Å². The molecular weight excluding hydrogens is 646 g/mol. The van der Waals surface area contributed by atoms with Crippen LogP contribution in [0.1, 0.15) is 45.4 Å². The summed E-state index contributed by atoms with van der Waals surface area (Å²) in [6, 6.07) is 15.1. The number of nitrogens with zero attached hydrogens (tertiary/aromatic N) is 9. The Morgan fingerprint density at radius 1 is 1.04 bits per heavy atom. The summed E-state index contributed by atoms with van der Waals surface area (Å²) < 4.78 is 7.31. The minimum Gasteiger partial charge on any atom is -0.475 e. The first kappa shape index (κ1) is 35.5. The van der Waals surface area contributed by atoms with Crippen molar-refractivity contribution < 1.29 is 14.3 Å². The maximum absolute atomic E-state index is 13.8. The maximum Gasteiger partial charge on any atom is 0.237 e. The van der Waals surface area contributed by atoms with E-state index in [0.717, 1.165) is 24.3 Å². The van der Waals surface area contributed by atoms with Gasteiger partial charge in [-0.1, -0.05) is 0 Å². The average Bonchev–Trinajstić information content (AvgIpc) is 3.78. The normalized spacial score (nSPS) is 17.9. The lowest BCUT2D eigenvalue weighted by molar-refractivity contribution is -0.134. The third kappa shape index (κ3) is 8.01. The van der Waals surface area contributed by atoms with Gasteiger partial charge >= 0.3 is 0 Å². The lowest BCUT2D eigenvalue weighted by Gasteiger charge is -2.41. The first-order valence-corrected chi connectivity index (χ1v) is 17.5. The molecule has 5 heterocycles. The number of anilines is 3. The highest BCUT2D eigenvalue weighted by atomic mass is 16.5. The summed E-state index contributed by atoms with van der Waals surface area (Å²) in [5.74, 6) is 1.37. The van der Waals surface area contributed by atoms with Gasteiger partial charge in [0.25, 0.3) is 0 Å². The fourth-order valence-corrected chi connectivity index (χ4v) is 6.75. The van der Waals surface area contributed by atoms with Crippen LogP contribution in [0, 0.1) is 11.3 Å². The fraction of sp³-hybridized carbons (Fsp3) is 0.432. The summed E-state index contributed by atoms with van der Waals surface area (Å²) in [6.07, 6.45) is 3.89. The molecule has 0 saturated carbocycles. The molecule has 3 N–H and O–H groups in total. The van der Waals surface area contributed by atoms with E-state index in [2.05, 4.69) is 48.9 Å². The predicted octanol–water partition coefficient (Wildman–Crippen LogP) is 3.47. The topological polar surface area (TPSA) is 163 Å². The van der Waals surface area contributed by atoms with Gasteiger partial charge < -0.3 is 20.3 Å². The van der Waals surface area contributed by atoms with Gasteiger partial charge in [-0.3, -0.25) is 29.5 Å². The number of amides is 2. The van der Waals surface area contributed by atoms with Gasteiger partial charge in [-0.25, -0.2) is 15.0 Å². The Labute approximate surface area is 298 Å². The van der Waals surface area contributed by atoms with Crippen molar-refractivity contribution in [1.82, 2.24) is 34.5 Å². The highest BCUT2D eigenvalue weighted by molar-refractivity contribution is 6.12. The van der Waals surface area contributed by atoms with Crippen molar-refractivity contribution in [3.05, 3.63) is 72.3 Å². The summed E-state index contributed by atoms with van der Waals surface area (Å²) in [5, 5.41) is 13.2. The molecule has 2 saturated heterocycles. The molecule has 0 spiro atoms. The molecule has 51 heavy (non-hydrogen) atoms. The Kier molecular flexibility index (Phi) is 10.6. The van der Waals surface area contributed by atoms with E-state index in [-0.39, 0.29) is 47.8 Å². The van der Waals surface area contributed by atoms with Gasteiger partial charge in [0, 0.05) is 74.9 Å². The number of likely N-dealkylation sites (tertiary alicyclic amines) is 1. The molecule has 6 rings (SSSR count). The molecule has 14 nitrogen and oxygen atoms in total. The first-order chi connectivity index (χ1) is 24.5. The molecule has 14 heteroatoms. The Morgan fingerprint density at radius 2 is 1.82 bits per heavy atom. The zero-order valence-electron chi connectivity index (χ0n) is 30.0. The summed E-state index contributed by atoms with van der Waals surface area (Å²) >= 11 is 0. The van der Waals surface area contributed by atoms with Crippen LogP contribution in [-0.4, -0.2) is 110 Å². The van der Waals surface area contributed by atoms with E-state index in [9.17, 15) is 9.59 Å². The van der Waals surface area contributed by atoms with Gasteiger partial charge in [0.1, 0.15) is 17.8 Å². The minimum absolute atomic E-state index is 0.0146. The number of ether oxygens (including phenoxy) is 1. The minimum atomic E-state index is -0.267. The Balaban J connectivity index is 1.03. The van der Waals surface area contributed by atoms with Crippen molar-refractivity contribution in [1.29, 1.82) is 5.41 Å². The van der Waals surface area contributed by atoms with Crippen LogP contribution in [0.4, 0.5) is 17.2 Å². The molecule has 2 aliphatic heterocycles. The number of benzene rings is 1. The van der Waals surface area contributed by atoms with E-state index in [1.54, 1.807) is 46.4 Å². The molecular formula is C37H47N11O3. The predicted molar refractivity (Wildman–Crippen MR) is 197 cm³/mol. The Morgan fingerprint density at radius 3 is 2.47 bits per heavy atom. The number of piperazine rings is 1. The van der Waals surface area contributed by atoms with Crippen molar-refractivity contribution >= 4 is 34.7 Å². The van der Waals surface area contributed by atoms with Crippen LogP contribution in [-0.2, 0) is 16.6 Å². The second-order valence-electron chi connectivity index (χ2n) is 13.5. The van der Waals surface area contributed by atoms with Crippen LogP contribution in [0.15, 0.2) is 61.1 Å². The molecule has 2 fully saturated rings. The van der Waals surface area contributed by atoms with Gasteiger partial charge in [0.15, 0.2) is 5.82 Å². The average molecular weight is 694 g/mol. The van der Waals surface area contributed by atoms with Crippen LogP contribution in [0.5, 0.6) is 5.88 Å². The number of nitrogens with two attached hydrogens (primary N) is 1. The van der Waals surface area contributed by atoms with Crippen LogP contribution in [0.3, 0.4) is 0 Å². The number of aryl methyl sites for hydroxylation is 1. The Bertz CT molecular complexity index is 1860. The second kappa shape index (κ2) is 15.3. The number of aromatic nitrogens is 5. The molecule has 268 valence electrons. The molecule has 1 aromatic carbocycles. The van der Waals surface area contributed by atoms with E-state index in [4.69, 9.17) is 15.9 Å². The van der Waals surface area contributed by atoms with Crippen LogP contribution in [0.25, 0.3) is 11.4 Å². The van der Waals surface area contributed by atoms with Crippen LogP contribution >= 0.6 is 0 Å². The molecule has 0 unspecified atom stereocenters. The SMILES string of the molecule is CCN(C(=O)[C@@H]1CCN(CC(=O)N2CCN(c3ccc(-c4ncn(C)n4)cc3)C[C@@H]2C)C1)c1ccc(N)c(C(=N)c2ccc(OC(C)C)nc2)n1. The summed E-state index contributed by atoms with van der Waals surface area (Å²) in [7, 11) is 1.85.